The van der Waals surface area contributed by atoms with E-state index in [9.17, 15) is 5.11 Å². The van der Waals surface area contributed by atoms with Gasteiger partial charge in [0, 0.05) is 12.1 Å². The maximum Gasteiger partial charge on any atom is 0.143 e. The third-order valence-corrected chi connectivity index (χ3v) is 4.20. The van der Waals surface area contributed by atoms with Crippen LogP contribution in [0.5, 0.6) is 0 Å². The van der Waals surface area contributed by atoms with Crippen LogP contribution in [0.2, 0.25) is 0 Å². The van der Waals surface area contributed by atoms with E-state index < -0.39 is 0 Å². The van der Waals surface area contributed by atoms with Crippen LogP contribution in [-0.2, 0) is 0 Å². The minimum absolute atomic E-state index is 0.202. The first kappa shape index (κ1) is 14.2. The van der Waals surface area contributed by atoms with Crippen molar-refractivity contribution in [3.63, 3.8) is 0 Å². The molecule has 0 saturated heterocycles. The summed E-state index contributed by atoms with van der Waals surface area (Å²) in [4.78, 5) is 0. The Labute approximate surface area is 124 Å². The van der Waals surface area contributed by atoms with E-state index in [1.54, 1.807) is 11.0 Å². The number of aromatic nitrogens is 4. The predicted molar refractivity (Wildman–Crippen MR) is 79.0 cm³/mol. The van der Waals surface area contributed by atoms with Crippen LogP contribution in [0, 0.1) is 0 Å². The molecule has 0 spiro atoms. The van der Waals surface area contributed by atoms with Crippen molar-refractivity contribution in [1.82, 2.24) is 25.5 Å². The van der Waals surface area contributed by atoms with Crippen molar-refractivity contribution in [2.45, 2.75) is 50.8 Å². The van der Waals surface area contributed by atoms with Gasteiger partial charge in [0.2, 0.25) is 0 Å². The van der Waals surface area contributed by atoms with Crippen molar-refractivity contribution < 1.29 is 5.11 Å². The summed E-state index contributed by atoms with van der Waals surface area (Å²) in [5.74, 6) is 0. The molecule has 0 amide bonds. The van der Waals surface area contributed by atoms with E-state index in [-0.39, 0.29) is 18.2 Å². The van der Waals surface area contributed by atoms with Gasteiger partial charge in [0.25, 0.3) is 0 Å². The van der Waals surface area contributed by atoms with Crippen molar-refractivity contribution in [1.29, 1.82) is 0 Å². The molecule has 0 aliphatic heterocycles. The Morgan fingerprint density at radius 2 is 2.00 bits per heavy atom. The monoisotopic (exact) mass is 287 g/mol. The zero-order valence-corrected chi connectivity index (χ0v) is 12.2. The van der Waals surface area contributed by atoms with Gasteiger partial charge in [0.1, 0.15) is 6.33 Å². The molecule has 3 rings (SSSR count). The minimum atomic E-state index is -0.221. The predicted octanol–water partition coefficient (Wildman–Crippen LogP) is 1.62. The number of hydrogen-bond donors (Lipinski definition) is 2. The van der Waals surface area contributed by atoms with Crippen LogP contribution in [0.15, 0.2) is 30.6 Å². The molecule has 2 N–H and O–H groups in total. The Balaban J connectivity index is 1.66. The van der Waals surface area contributed by atoms with E-state index >= 15 is 0 Å². The van der Waals surface area contributed by atoms with Gasteiger partial charge in [-0.25, -0.2) is 4.68 Å². The van der Waals surface area contributed by atoms with Gasteiger partial charge in [-0.3, -0.25) is 0 Å². The summed E-state index contributed by atoms with van der Waals surface area (Å²) in [5.41, 5.74) is 2.14. The Kier molecular flexibility index (Phi) is 4.26. The molecule has 0 radical (unpaired) electrons. The summed E-state index contributed by atoms with van der Waals surface area (Å²) in [6.07, 6.45) is 5.64. The Morgan fingerprint density at radius 3 is 2.67 bits per heavy atom. The first-order valence-corrected chi connectivity index (χ1v) is 7.51. The maximum atomic E-state index is 10.0. The number of rotatable bonds is 4. The Morgan fingerprint density at radius 1 is 1.24 bits per heavy atom. The lowest BCUT2D eigenvalue weighted by Gasteiger charge is -2.31. The number of aliphatic hydroxyl groups is 1. The van der Waals surface area contributed by atoms with E-state index in [2.05, 4.69) is 39.9 Å². The molecule has 1 aromatic heterocycles. The van der Waals surface area contributed by atoms with Crippen LogP contribution < -0.4 is 5.32 Å². The molecule has 3 atom stereocenters. The molecule has 2 aromatic rings. The van der Waals surface area contributed by atoms with E-state index in [1.165, 1.54) is 12.0 Å². The Hall–Kier alpha value is -1.79. The fourth-order valence-corrected chi connectivity index (χ4v) is 2.92. The molecule has 0 bridgehead atoms. The highest BCUT2D eigenvalue weighted by molar-refractivity contribution is 5.34. The summed E-state index contributed by atoms with van der Waals surface area (Å²) in [5, 5.41) is 24.7. The summed E-state index contributed by atoms with van der Waals surface area (Å²) < 4.78 is 1.63. The van der Waals surface area contributed by atoms with Crippen LogP contribution in [-0.4, -0.2) is 37.5 Å². The summed E-state index contributed by atoms with van der Waals surface area (Å²) >= 11 is 0. The lowest BCUT2D eigenvalue weighted by atomic mass is 9.91. The summed E-state index contributed by atoms with van der Waals surface area (Å²) in [7, 11) is 0. The van der Waals surface area contributed by atoms with Gasteiger partial charge in [-0.15, -0.1) is 5.10 Å². The lowest BCUT2D eigenvalue weighted by Crippen LogP contribution is -2.43. The summed E-state index contributed by atoms with van der Waals surface area (Å²) in [6, 6.07) is 8.56. The van der Waals surface area contributed by atoms with E-state index in [0.29, 0.717) is 0 Å². The molecule has 21 heavy (non-hydrogen) atoms. The van der Waals surface area contributed by atoms with Crippen molar-refractivity contribution in [2.75, 3.05) is 0 Å². The molecule has 1 saturated carbocycles. The number of tetrazole rings is 1. The van der Waals surface area contributed by atoms with Crippen LogP contribution in [0.25, 0.3) is 5.69 Å². The molecule has 1 fully saturated rings. The van der Waals surface area contributed by atoms with Gasteiger partial charge in [-0.1, -0.05) is 25.0 Å². The highest BCUT2D eigenvalue weighted by Crippen LogP contribution is 2.22. The number of nitrogens with one attached hydrogen (secondary N) is 1. The van der Waals surface area contributed by atoms with Crippen LogP contribution in [0.1, 0.15) is 44.2 Å². The normalized spacial score (nSPS) is 23.9. The highest BCUT2D eigenvalue weighted by Gasteiger charge is 2.24. The van der Waals surface area contributed by atoms with Crippen LogP contribution in [0.4, 0.5) is 0 Å². The second-order valence-corrected chi connectivity index (χ2v) is 5.69. The SMILES string of the molecule is CC(NC1CCCCC1O)c1ccc(-n2cnnn2)cc1. The van der Waals surface area contributed by atoms with Crippen molar-refractivity contribution >= 4 is 0 Å². The molecule has 3 unspecified atom stereocenters. The topological polar surface area (TPSA) is 75.9 Å². The van der Waals surface area contributed by atoms with Gasteiger partial charge in [-0.2, -0.15) is 0 Å². The van der Waals surface area contributed by atoms with Crippen LogP contribution >= 0.6 is 0 Å². The molecule has 1 aromatic carbocycles. The molecular weight excluding hydrogens is 266 g/mol. The third-order valence-electron chi connectivity index (χ3n) is 4.20. The van der Waals surface area contributed by atoms with Gasteiger partial charge in [0.05, 0.1) is 11.8 Å². The molecule has 6 heteroatoms. The van der Waals surface area contributed by atoms with E-state index in [4.69, 9.17) is 0 Å². The first-order valence-electron chi connectivity index (χ1n) is 7.51. The van der Waals surface area contributed by atoms with Gasteiger partial charge >= 0.3 is 0 Å². The number of hydrogen-bond acceptors (Lipinski definition) is 5. The zero-order chi connectivity index (χ0) is 14.7. The molecule has 6 nitrogen and oxygen atoms in total. The number of aliphatic hydroxyl groups excluding tert-OH is 1. The average molecular weight is 287 g/mol. The fraction of sp³-hybridized carbons (Fsp3) is 0.533. The maximum absolute atomic E-state index is 10.0. The van der Waals surface area contributed by atoms with Gasteiger partial charge in [0.15, 0.2) is 0 Å². The molecule has 1 heterocycles. The molecule has 112 valence electrons. The first-order chi connectivity index (χ1) is 10.2. The van der Waals surface area contributed by atoms with E-state index in [1.807, 2.05) is 12.1 Å². The fourth-order valence-electron chi connectivity index (χ4n) is 2.92. The zero-order valence-electron chi connectivity index (χ0n) is 12.2. The third kappa shape index (κ3) is 3.28. The van der Waals surface area contributed by atoms with Crippen molar-refractivity contribution in [2.24, 2.45) is 0 Å². The molecule has 1 aliphatic carbocycles. The smallest absolute Gasteiger partial charge is 0.143 e. The largest absolute Gasteiger partial charge is 0.392 e. The van der Waals surface area contributed by atoms with Crippen molar-refractivity contribution in [3.05, 3.63) is 36.2 Å². The second kappa shape index (κ2) is 6.32. The van der Waals surface area contributed by atoms with Gasteiger partial charge in [-0.05, 0) is 47.9 Å². The quantitative estimate of drug-likeness (QED) is 0.893. The van der Waals surface area contributed by atoms with E-state index in [0.717, 1.165) is 24.9 Å². The lowest BCUT2D eigenvalue weighted by molar-refractivity contribution is 0.0860. The number of benzene rings is 1. The van der Waals surface area contributed by atoms with Crippen LogP contribution in [0.3, 0.4) is 0 Å². The summed E-state index contributed by atoms with van der Waals surface area (Å²) in [6.45, 7) is 2.13. The minimum Gasteiger partial charge on any atom is -0.392 e. The van der Waals surface area contributed by atoms with Crippen molar-refractivity contribution in [3.8, 4) is 5.69 Å². The standard InChI is InChI=1S/C15H21N5O/c1-11(17-14-4-2-3-5-15(14)21)12-6-8-13(9-7-12)20-10-16-18-19-20/h6-11,14-15,17,21H,2-5H2,1H3. The highest BCUT2D eigenvalue weighted by atomic mass is 16.3. The second-order valence-electron chi connectivity index (χ2n) is 5.69. The average Bonchev–Trinajstić information content (AvgIpc) is 3.04. The number of nitrogens with zero attached hydrogens (tertiary/aromatic N) is 4. The molecule has 1 aliphatic rings. The Bertz CT molecular complexity index is 554. The van der Waals surface area contributed by atoms with Gasteiger partial charge < -0.3 is 10.4 Å². The molecular formula is C15H21N5O.